The normalized spacial score (nSPS) is 13.2. The number of nitrogens with zero attached hydrogens (tertiary/aromatic N) is 2. The summed E-state index contributed by atoms with van der Waals surface area (Å²) in [5.74, 6) is -6.91. The first kappa shape index (κ1) is 63.9. The first-order chi connectivity index (χ1) is 33.5. The lowest BCUT2D eigenvalue weighted by molar-refractivity contribution is -0.179. The molecule has 0 saturated carbocycles. The second-order valence-electron chi connectivity index (χ2n) is 18.4. The van der Waals surface area contributed by atoms with Gasteiger partial charge in [0.05, 0.1) is 26.2 Å². The van der Waals surface area contributed by atoms with Crippen molar-refractivity contribution in [2.24, 2.45) is 0 Å². The maximum absolute atomic E-state index is 13.3. The first-order valence-corrected chi connectivity index (χ1v) is 27.5. The number of phosphoric acid groups is 1. The van der Waals surface area contributed by atoms with Gasteiger partial charge in [-0.1, -0.05) is 180 Å². The molecule has 1 aromatic carbocycles. The van der Waals surface area contributed by atoms with Gasteiger partial charge in [-0.25, -0.2) is 9.09 Å². The van der Waals surface area contributed by atoms with E-state index in [-0.39, 0.29) is 31.6 Å². The van der Waals surface area contributed by atoms with Crippen LogP contribution in [0.15, 0.2) is 24.3 Å². The summed E-state index contributed by atoms with van der Waals surface area (Å²) in [7, 11) is -5.06. The van der Waals surface area contributed by atoms with E-state index in [9.17, 15) is 58.7 Å². The van der Waals surface area contributed by atoms with Crippen LogP contribution < -0.4 is 4.52 Å². The molecule has 1 rings (SSSR count). The second kappa shape index (κ2) is 40.5. The Balaban J connectivity index is 2.91. The van der Waals surface area contributed by atoms with Gasteiger partial charge in [0.25, 0.3) is 0 Å². The largest absolute Gasteiger partial charge is 0.530 e. The molecule has 0 aliphatic rings. The summed E-state index contributed by atoms with van der Waals surface area (Å²) in [5.41, 5.74) is 0.424. The van der Waals surface area contributed by atoms with Gasteiger partial charge < -0.3 is 34.4 Å². The van der Waals surface area contributed by atoms with E-state index in [4.69, 9.17) is 18.5 Å². The minimum absolute atomic E-state index is 0.0182. The number of esters is 2. The predicted molar refractivity (Wildman–Crippen MR) is 265 cm³/mol. The van der Waals surface area contributed by atoms with Crippen LogP contribution in [0.3, 0.4) is 0 Å². The van der Waals surface area contributed by atoms with Crippen LogP contribution in [0, 0.1) is 0 Å². The highest BCUT2D eigenvalue weighted by Crippen LogP contribution is 2.45. The number of hydrogen-bond acceptors (Lipinski definition) is 13. The van der Waals surface area contributed by atoms with Gasteiger partial charge in [0.1, 0.15) is 5.75 Å². The fourth-order valence-electron chi connectivity index (χ4n) is 8.20. The van der Waals surface area contributed by atoms with Crippen LogP contribution in [0.1, 0.15) is 199 Å². The molecule has 0 aliphatic heterocycles. The van der Waals surface area contributed by atoms with E-state index >= 15 is 0 Å². The molecule has 1 aromatic rings. The van der Waals surface area contributed by atoms with Crippen molar-refractivity contribution < 1.29 is 77.2 Å². The SMILES string of the molecule is CCCCCCCCCCCCCCCC(=O)OC[C@H](OC(=O)CCCCCCCCCCCCCCC)OP(=O)(O)Oc1ccc(C[C@@H](CN(CC(=O)O)CC(=O)O)N(CC(=O)O)CC(=O)O)cc1. The Bertz CT molecular complexity index is 1620. The number of benzene rings is 1. The average molecular weight is 1020 g/mol. The smallest absolute Gasteiger partial charge is 0.480 e. The number of carbonyl (C=O) groups is 6. The molecule has 18 nitrogen and oxygen atoms in total. The van der Waals surface area contributed by atoms with E-state index in [1.165, 1.54) is 127 Å². The fraction of sp³-hybridized carbons (Fsp3) is 0.765. The zero-order valence-corrected chi connectivity index (χ0v) is 43.2. The average Bonchev–Trinajstić information content (AvgIpc) is 3.28. The summed E-state index contributed by atoms with van der Waals surface area (Å²) >= 11 is 0. The molecule has 0 radical (unpaired) electrons. The number of ether oxygens (including phenoxy) is 2. The molecule has 3 atom stereocenters. The van der Waals surface area contributed by atoms with Crippen LogP contribution in [0.5, 0.6) is 5.75 Å². The van der Waals surface area contributed by atoms with E-state index in [0.717, 1.165) is 61.2 Å². The molecule has 0 amide bonds. The fourth-order valence-corrected chi connectivity index (χ4v) is 9.03. The number of aliphatic carboxylic acids is 4. The molecule has 5 N–H and O–H groups in total. The summed E-state index contributed by atoms with van der Waals surface area (Å²) in [5, 5.41) is 37.7. The monoisotopic (exact) mass is 1010 g/mol. The third-order valence-corrected chi connectivity index (χ3v) is 12.8. The Hall–Kier alpha value is -4.09. The van der Waals surface area contributed by atoms with E-state index < -0.39 is 88.8 Å². The van der Waals surface area contributed by atoms with Crippen molar-refractivity contribution in [2.45, 2.75) is 212 Å². The predicted octanol–water partition coefficient (Wildman–Crippen LogP) is 10.4. The van der Waals surface area contributed by atoms with Gasteiger partial charge in [-0.3, -0.25) is 43.5 Å². The van der Waals surface area contributed by atoms with Crippen molar-refractivity contribution in [1.82, 2.24) is 9.80 Å². The van der Waals surface area contributed by atoms with Gasteiger partial charge in [0.15, 0.2) is 6.61 Å². The molecule has 0 fully saturated rings. The van der Waals surface area contributed by atoms with Crippen LogP contribution in [0.25, 0.3) is 0 Å². The quantitative estimate of drug-likeness (QED) is 0.0176. The molecular weight excluding hydrogens is 928 g/mol. The molecule has 70 heavy (non-hydrogen) atoms. The summed E-state index contributed by atoms with van der Waals surface area (Å²) < 4.78 is 34.6. The molecule has 0 aliphatic carbocycles. The van der Waals surface area contributed by atoms with Gasteiger partial charge in [0.2, 0.25) is 6.29 Å². The van der Waals surface area contributed by atoms with Crippen LogP contribution in [0.4, 0.5) is 0 Å². The van der Waals surface area contributed by atoms with Crippen molar-refractivity contribution >= 4 is 43.6 Å². The lowest BCUT2D eigenvalue weighted by Crippen LogP contribution is -2.50. The minimum Gasteiger partial charge on any atom is -0.480 e. The van der Waals surface area contributed by atoms with Gasteiger partial charge in [-0.05, 0) is 37.0 Å². The number of rotatable bonds is 48. The molecule has 0 saturated heterocycles. The topological polar surface area (TPSA) is 264 Å². The number of carboxylic acids is 4. The Morgan fingerprint density at radius 3 is 1.29 bits per heavy atom. The Kier molecular flexibility index (Phi) is 37.0. The molecule has 1 unspecified atom stereocenters. The van der Waals surface area contributed by atoms with Crippen molar-refractivity contribution in [3.63, 3.8) is 0 Å². The Labute approximate surface area is 416 Å². The van der Waals surface area contributed by atoms with Gasteiger partial charge in [-0.2, -0.15) is 0 Å². The maximum atomic E-state index is 13.3. The Morgan fingerprint density at radius 2 is 0.900 bits per heavy atom. The third-order valence-electron chi connectivity index (χ3n) is 11.9. The molecular formula is C51H87N2O16P. The standard InChI is InChI=1S/C51H87N2O16P/c1-3-5-7-9-11-13-15-17-19-21-23-25-27-29-49(62)66-41-51(67-50(63)30-28-26-24-22-20-18-16-14-12-10-8-6-4-2)69-70(64,65)68-44-33-31-42(32-34-44)35-43(53(39-47(58)59)40-48(60)61)36-52(37-45(54)55)38-46(56)57/h31-34,43,51H,3-30,35-41H2,1-2H3,(H,54,55)(H,56,57)(H,58,59)(H,60,61)(H,64,65)/t43-,51+/m0/s1. The second-order valence-corrected chi connectivity index (χ2v) is 19.7. The van der Waals surface area contributed by atoms with Crippen molar-refractivity contribution in [3.8, 4) is 5.75 Å². The van der Waals surface area contributed by atoms with Crippen molar-refractivity contribution in [3.05, 3.63) is 29.8 Å². The van der Waals surface area contributed by atoms with Gasteiger partial charge in [0, 0.05) is 25.4 Å². The van der Waals surface area contributed by atoms with Crippen LogP contribution >= 0.6 is 7.82 Å². The third kappa shape index (κ3) is 36.8. The number of carboxylic acid groups (broad SMARTS) is 4. The van der Waals surface area contributed by atoms with Gasteiger partial charge in [-0.15, -0.1) is 0 Å². The molecule has 0 spiro atoms. The summed E-state index contributed by atoms with van der Waals surface area (Å²) in [4.78, 5) is 84.9. The highest BCUT2D eigenvalue weighted by molar-refractivity contribution is 7.47. The molecule has 402 valence electrons. The number of hydrogen-bond donors (Lipinski definition) is 5. The summed E-state index contributed by atoms with van der Waals surface area (Å²) in [6.07, 6.45) is 27.7. The van der Waals surface area contributed by atoms with Crippen LogP contribution in [-0.2, 0) is 53.8 Å². The highest BCUT2D eigenvalue weighted by Gasteiger charge is 2.32. The first-order valence-electron chi connectivity index (χ1n) is 26.0. The van der Waals surface area contributed by atoms with E-state index in [1.54, 1.807) is 0 Å². The molecule has 19 heteroatoms. The summed E-state index contributed by atoms with van der Waals surface area (Å²) in [6, 6.07) is 4.38. The lowest BCUT2D eigenvalue weighted by Gasteiger charge is -2.33. The summed E-state index contributed by atoms with van der Waals surface area (Å²) in [6.45, 7) is 0.504. The van der Waals surface area contributed by atoms with E-state index in [2.05, 4.69) is 13.8 Å². The number of unbranched alkanes of at least 4 members (excludes halogenated alkanes) is 24. The number of phosphoric ester groups is 1. The number of carbonyl (C=O) groups excluding carboxylic acids is 2. The van der Waals surface area contributed by atoms with Gasteiger partial charge >= 0.3 is 43.6 Å². The van der Waals surface area contributed by atoms with Crippen LogP contribution in [-0.4, -0.2) is 123 Å². The zero-order valence-electron chi connectivity index (χ0n) is 42.3. The minimum atomic E-state index is -5.06. The van der Waals surface area contributed by atoms with Crippen molar-refractivity contribution in [2.75, 3.05) is 39.3 Å². The van der Waals surface area contributed by atoms with E-state index in [0.29, 0.717) is 18.4 Å². The molecule has 0 bridgehead atoms. The van der Waals surface area contributed by atoms with Crippen molar-refractivity contribution in [1.29, 1.82) is 0 Å². The van der Waals surface area contributed by atoms with E-state index in [1.807, 2.05) is 0 Å². The van der Waals surface area contributed by atoms with Crippen LogP contribution in [0.2, 0.25) is 0 Å². The Morgan fingerprint density at radius 1 is 0.529 bits per heavy atom. The highest BCUT2D eigenvalue weighted by atomic mass is 31.2. The maximum Gasteiger partial charge on any atom is 0.530 e. The molecule has 0 aromatic heterocycles. The molecule has 0 heterocycles. The zero-order chi connectivity index (χ0) is 51.8. The lowest BCUT2D eigenvalue weighted by atomic mass is 10.0.